The van der Waals surface area contributed by atoms with E-state index in [0.717, 1.165) is 5.01 Å². The van der Waals surface area contributed by atoms with E-state index in [0.29, 0.717) is 4.34 Å². The molecule has 1 N–H and O–H groups in total. The Hall–Kier alpha value is -0.630. The molecule has 1 aromatic heterocycles. The molecule has 0 aliphatic rings. The van der Waals surface area contributed by atoms with Gasteiger partial charge in [0.05, 0.1) is 12.3 Å². The standard InChI is InChI=1S/C8H10ClN3S/c1-5(2)12-6(3-10)8-11-4-7(9)13-8/h4-6,12H,1-2H3. The summed E-state index contributed by atoms with van der Waals surface area (Å²) >= 11 is 7.05. The average Bonchev–Trinajstić information content (AvgIpc) is 2.47. The third-order valence-corrected chi connectivity index (χ3v) is 2.55. The molecule has 70 valence electrons. The van der Waals surface area contributed by atoms with Gasteiger partial charge in [-0.3, -0.25) is 5.32 Å². The van der Waals surface area contributed by atoms with Gasteiger partial charge in [0.25, 0.3) is 0 Å². The van der Waals surface area contributed by atoms with Crippen molar-refractivity contribution in [1.82, 2.24) is 10.3 Å². The van der Waals surface area contributed by atoms with Gasteiger partial charge in [-0.2, -0.15) is 5.26 Å². The van der Waals surface area contributed by atoms with Gasteiger partial charge < -0.3 is 0 Å². The minimum absolute atomic E-state index is 0.257. The van der Waals surface area contributed by atoms with Crippen LogP contribution in [0.15, 0.2) is 6.20 Å². The predicted molar refractivity (Wildman–Crippen MR) is 53.7 cm³/mol. The Morgan fingerprint density at radius 3 is 2.77 bits per heavy atom. The van der Waals surface area contributed by atoms with Crippen LogP contribution in [0.3, 0.4) is 0 Å². The topological polar surface area (TPSA) is 48.7 Å². The Balaban J connectivity index is 2.74. The van der Waals surface area contributed by atoms with Crippen molar-refractivity contribution in [1.29, 1.82) is 5.26 Å². The number of aromatic nitrogens is 1. The zero-order valence-electron chi connectivity index (χ0n) is 7.41. The summed E-state index contributed by atoms with van der Waals surface area (Å²) in [6.07, 6.45) is 1.56. The number of nitrogens with one attached hydrogen (secondary N) is 1. The minimum Gasteiger partial charge on any atom is -0.294 e. The molecule has 0 radical (unpaired) electrons. The van der Waals surface area contributed by atoms with Gasteiger partial charge >= 0.3 is 0 Å². The lowest BCUT2D eigenvalue weighted by molar-refractivity contribution is 0.544. The largest absolute Gasteiger partial charge is 0.294 e. The van der Waals surface area contributed by atoms with E-state index in [9.17, 15) is 0 Å². The molecule has 13 heavy (non-hydrogen) atoms. The second-order valence-electron chi connectivity index (χ2n) is 2.89. The van der Waals surface area contributed by atoms with Crippen LogP contribution in [0.1, 0.15) is 24.9 Å². The maximum absolute atomic E-state index is 8.85. The third kappa shape index (κ3) is 2.96. The van der Waals surface area contributed by atoms with Crippen LogP contribution in [0, 0.1) is 11.3 Å². The molecule has 0 fully saturated rings. The smallest absolute Gasteiger partial charge is 0.148 e. The summed E-state index contributed by atoms with van der Waals surface area (Å²) in [6.45, 7) is 3.97. The summed E-state index contributed by atoms with van der Waals surface area (Å²) in [7, 11) is 0. The van der Waals surface area contributed by atoms with E-state index in [1.165, 1.54) is 11.3 Å². The Morgan fingerprint density at radius 1 is 1.69 bits per heavy atom. The lowest BCUT2D eigenvalue weighted by Crippen LogP contribution is -2.26. The molecule has 0 amide bonds. The Labute approximate surface area is 86.4 Å². The maximum Gasteiger partial charge on any atom is 0.148 e. The summed E-state index contributed by atoms with van der Waals surface area (Å²) in [6, 6.07) is 2.05. The van der Waals surface area contributed by atoms with Crippen LogP contribution in [-0.4, -0.2) is 11.0 Å². The van der Waals surface area contributed by atoms with Gasteiger partial charge in [0.15, 0.2) is 0 Å². The number of nitrogens with zero attached hydrogens (tertiary/aromatic N) is 2. The minimum atomic E-state index is -0.350. The highest BCUT2D eigenvalue weighted by molar-refractivity contribution is 7.15. The van der Waals surface area contributed by atoms with Gasteiger partial charge in [-0.25, -0.2) is 4.98 Å². The molecule has 3 nitrogen and oxygen atoms in total. The normalized spacial score (nSPS) is 12.8. The number of rotatable bonds is 3. The van der Waals surface area contributed by atoms with Crippen LogP contribution in [0.25, 0.3) is 0 Å². The van der Waals surface area contributed by atoms with Crippen molar-refractivity contribution < 1.29 is 0 Å². The van der Waals surface area contributed by atoms with Gasteiger partial charge in [-0.05, 0) is 13.8 Å². The number of nitriles is 1. The van der Waals surface area contributed by atoms with E-state index in [-0.39, 0.29) is 12.1 Å². The number of thiazole rings is 1. The highest BCUT2D eigenvalue weighted by Crippen LogP contribution is 2.23. The number of halogens is 1. The molecule has 0 saturated carbocycles. The summed E-state index contributed by atoms with van der Waals surface area (Å²) < 4.78 is 0.612. The molecule has 5 heteroatoms. The van der Waals surface area contributed by atoms with Crippen molar-refractivity contribution in [3.8, 4) is 6.07 Å². The van der Waals surface area contributed by atoms with Crippen molar-refractivity contribution >= 4 is 22.9 Å². The Kier molecular flexibility index (Phi) is 3.67. The number of hydrogen-bond acceptors (Lipinski definition) is 4. The summed E-state index contributed by atoms with van der Waals surface area (Å²) in [5.41, 5.74) is 0. The van der Waals surface area contributed by atoms with Crippen LogP contribution in [-0.2, 0) is 0 Å². The molecule has 0 aromatic carbocycles. The zero-order chi connectivity index (χ0) is 9.84. The first-order valence-corrected chi connectivity index (χ1v) is 5.10. The molecular formula is C8H10ClN3S. The zero-order valence-corrected chi connectivity index (χ0v) is 8.99. The fraction of sp³-hybridized carbons (Fsp3) is 0.500. The van der Waals surface area contributed by atoms with Crippen molar-refractivity contribution in [2.45, 2.75) is 25.9 Å². The van der Waals surface area contributed by atoms with E-state index in [1.807, 2.05) is 13.8 Å². The monoisotopic (exact) mass is 215 g/mol. The Bertz CT molecular complexity index is 315. The van der Waals surface area contributed by atoms with E-state index < -0.39 is 0 Å². The second-order valence-corrected chi connectivity index (χ2v) is 4.58. The molecule has 1 aromatic rings. The van der Waals surface area contributed by atoms with E-state index in [4.69, 9.17) is 16.9 Å². The van der Waals surface area contributed by atoms with Gasteiger partial charge in [0.2, 0.25) is 0 Å². The van der Waals surface area contributed by atoms with E-state index in [1.54, 1.807) is 6.20 Å². The molecule has 1 heterocycles. The maximum atomic E-state index is 8.85. The first-order chi connectivity index (χ1) is 6.13. The predicted octanol–water partition coefficient (Wildman–Crippen LogP) is 2.36. The van der Waals surface area contributed by atoms with Crippen LogP contribution >= 0.6 is 22.9 Å². The molecule has 0 aliphatic carbocycles. The summed E-state index contributed by atoms with van der Waals surface area (Å²) in [4.78, 5) is 4.04. The van der Waals surface area contributed by atoms with E-state index in [2.05, 4.69) is 16.4 Å². The molecule has 0 spiro atoms. The fourth-order valence-corrected chi connectivity index (χ4v) is 1.83. The second kappa shape index (κ2) is 4.56. The molecule has 0 aliphatic heterocycles. The van der Waals surface area contributed by atoms with E-state index >= 15 is 0 Å². The van der Waals surface area contributed by atoms with Gasteiger partial charge in [-0.15, -0.1) is 11.3 Å². The van der Waals surface area contributed by atoms with Gasteiger partial charge in [0.1, 0.15) is 15.4 Å². The SMILES string of the molecule is CC(C)NC(C#N)c1ncc(Cl)s1. The van der Waals surface area contributed by atoms with Crippen molar-refractivity contribution in [2.75, 3.05) is 0 Å². The first kappa shape index (κ1) is 10.5. The van der Waals surface area contributed by atoms with Crippen molar-refractivity contribution in [3.63, 3.8) is 0 Å². The average molecular weight is 216 g/mol. The summed E-state index contributed by atoms with van der Waals surface area (Å²) in [5, 5.41) is 12.7. The van der Waals surface area contributed by atoms with Crippen molar-refractivity contribution in [2.24, 2.45) is 0 Å². The molecular weight excluding hydrogens is 206 g/mol. The molecule has 0 bridgehead atoms. The van der Waals surface area contributed by atoms with Gasteiger partial charge in [-0.1, -0.05) is 11.6 Å². The quantitative estimate of drug-likeness (QED) is 0.842. The third-order valence-electron chi connectivity index (χ3n) is 1.37. The molecule has 0 saturated heterocycles. The van der Waals surface area contributed by atoms with Crippen molar-refractivity contribution in [3.05, 3.63) is 15.5 Å². The lowest BCUT2D eigenvalue weighted by atomic mass is 10.3. The summed E-state index contributed by atoms with van der Waals surface area (Å²) in [5.74, 6) is 0. The molecule has 1 atom stereocenters. The fourth-order valence-electron chi connectivity index (χ4n) is 0.898. The van der Waals surface area contributed by atoms with Crippen LogP contribution in [0.5, 0.6) is 0 Å². The lowest BCUT2D eigenvalue weighted by Gasteiger charge is -2.11. The highest BCUT2D eigenvalue weighted by atomic mass is 35.5. The Morgan fingerprint density at radius 2 is 2.38 bits per heavy atom. The van der Waals surface area contributed by atoms with Crippen LogP contribution in [0.2, 0.25) is 4.34 Å². The number of hydrogen-bond donors (Lipinski definition) is 1. The molecule has 1 rings (SSSR count). The highest BCUT2D eigenvalue weighted by Gasteiger charge is 2.14. The first-order valence-electron chi connectivity index (χ1n) is 3.90. The van der Waals surface area contributed by atoms with Crippen LogP contribution in [0.4, 0.5) is 0 Å². The van der Waals surface area contributed by atoms with Gasteiger partial charge in [0, 0.05) is 6.04 Å². The van der Waals surface area contributed by atoms with Crippen LogP contribution < -0.4 is 5.32 Å². The molecule has 1 unspecified atom stereocenters.